The Morgan fingerprint density at radius 2 is 1.79 bits per heavy atom. The minimum Gasteiger partial charge on any atom is -0.352 e. The maximum absolute atomic E-state index is 13.7. The number of amides is 3. The van der Waals surface area contributed by atoms with E-state index in [4.69, 9.17) is 0 Å². The quantitative estimate of drug-likeness (QED) is 0.754. The second-order valence-electron chi connectivity index (χ2n) is 6.90. The SMILES string of the molecule is C[C@@H](CN1CCN(c2ccccc2)C(=O)C1=O)C(=O)NCc1ccc(F)cc1F. The Hall–Kier alpha value is -3.29. The number of piperazine rings is 1. The summed E-state index contributed by atoms with van der Waals surface area (Å²) in [5.41, 5.74) is 0.812. The highest BCUT2D eigenvalue weighted by Crippen LogP contribution is 2.18. The van der Waals surface area contributed by atoms with E-state index in [1.165, 1.54) is 15.9 Å². The van der Waals surface area contributed by atoms with Crippen molar-refractivity contribution in [1.29, 1.82) is 0 Å². The number of benzene rings is 2. The molecule has 0 unspecified atom stereocenters. The Kier molecular flexibility index (Phi) is 6.21. The minimum atomic E-state index is -0.740. The average Bonchev–Trinajstić information content (AvgIpc) is 2.71. The van der Waals surface area contributed by atoms with Gasteiger partial charge in [0.1, 0.15) is 11.6 Å². The van der Waals surface area contributed by atoms with E-state index in [0.717, 1.165) is 12.1 Å². The number of para-hydroxylation sites is 1. The Morgan fingerprint density at radius 3 is 2.48 bits per heavy atom. The van der Waals surface area contributed by atoms with Gasteiger partial charge < -0.3 is 15.1 Å². The summed E-state index contributed by atoms with van der Waals surface area (Å²) in [6.07, 6.45) is 0. The van der Waals surface area contributed by atoms with Gasteiger partial charge in [-0.15, -0.1) is 0 Å². The molecule has 152 valence electrons. The Labute approximate surface area is 167 Å². The van der Waals surface area contributed by atoms with Crippen LogP contribution in [0.4, 0.5) is 14.5 Å². The molecule has 1 fully saturated rings. The first kappa shape index (κ1) is 20.4. The van der Waals surface area contributed by atoms with Gasteiger partial charge in [0, 0.05) is 43.5 Å². The highest BCUT2D eigenvalue weighted by molar-refractivity contribution is 6.41. The highest BCUT2D eigenvalue weighted by Gasteiger charge is 2.34. The summed E-state index contributed by atoms with van der Waals surface area (Å²) in [4.78, 5) is 39.9. The van der Waals surface area contributed by atoms with Gasteiger partial charge in [0.05, 0.1) is 5.92 Å². The molecule has 1 saturated heterocycles. The summed E-state index contributed by atoms with van der Waals surface area (Å²) in [7, 11) is 0. The van der Waals surface area contributed by atoms with Crippen LogP contribution >= 0.6 is 0 Å². The van der Waals surface area contributed by atoms with E-state index in [-0.39, 0.29) is 24.6 Å². The third kappa shape index (κ3) is 4.77. The Balaban J connectivity index is 1.55. The van der Waals surface area contributed by atoms with E-state index in [1.807, 2.05) is 6.07 Å². The van der Waals surface area contributed by atoms with Crippen molar-refractivity contribution in [2.45, 2.75) is 13.5 Å². The molecule has 2 aromatic carbocycles. The Morgan fingerprint density at radius 1 is 1.07 bits per heavy atom. The second kappa shape index (κ2) is 8.81. The van der Waals surface area contributed by atoms with Crippen molar-refractivity contribution in [3.63, 3.8) is 0 Å². The first-order valence-electron chi connectivity index (χ1n) is 9.24. The fraction of sp³-hybridized carbons (Fsp3) is 0.286. The summed E-state index contributed by atoms with van der Waals surface area (Å²) in [6, 6.07) is 12.0. The lowest BCUT2D eigenvalue weighted by Crippen LogP contribution is -2.56. The molecule has 0 aromatic heterocycles. The van der Waals surface area contributed by atoms with Crippen LogP contribution in [-0.2, 0) is 20.9 Å². The van der Waals surface area contributed by atoms with E-state index in [1.54, 1.807) is 31.2 Å². The fourth-order valence-electron chi connectivity index (χ4n) is 3.14. The van der Waals surface area contributed by atoms with Crippen LogP contribution in [0, 0.1) is 17.6 Å². The molecule has 1 atom stereocenters. The van der Waals surface area contributed by atoms with Crippen LogP contribution in [0.15, 0.2) is 48.5 Å². The number of rotatable bonds is 6. The minimum absolute atomic E-state index is 0.0743. The fourth-order valence-corrected chi connectivity index (χ4v) is 3.14. The van der Waals surface area contributed by atoms with Crippen molar-refractivity contribution < 1.29 is 23.2 Å². The molecule has 0 saturated carbocycles. The topological polar surface area (TPSA) is 69.7 Å². The maximum Gasteiger partial charge on any atom is 0.316 e. The molecule has 1 aliphatic heterocycles. The van der Waals surface area contributed by atoms with Crippen LogP contribution in [-0.4, -0.2) is 42.3 Å². The molecule has 1 heterocycles. The number of anilines is 1. The van der Waals surface area contributed by atoms with Gasteiger partial charge in [-0.25, -0.2) is 8.78 Å². The monoisotopic (exact) mass is 401 g/mol. The molecule has 3 amide bonds. The molecular weight excluding hydrogens is 380 g/mol. The van der Waals surface area contributed by atoms with E-state index < -0.39 is 29.4 Å². The zero-order valence-electron chi connectivity index (χ0n) is 15.9. The van der Waals surface area contributed by atoms with Crippen molar-refractivity contribution in [3.8, 4) is 0 Å². The summed E-state index contributed by atoms with van der Waals surface area (Å²) in [5.74, 6) is -3.72. The third-order valence-corrected chi connectivity index (χ3v) is 4.79. The van der Waals surface area contributed by atoms with Crippen LogP contribution in [0.3, 0.4) is 0 Å². The van der Waals surface area contributed by atoms with Crippen molar-refractivity contribution in [1.82, 2.24) is 10.2 Å². The maximum atomic E-state index is 13.7. The van der Waals surface area contributed by atoms with Crippen LogP contribution in [0.1, 0.15) is 12.5 Å². The van der Waals surface area contributed by atoms with Gasteiger partial charge in [0.15, 0.2) is 0 Å². The van der Waals surface area contributed by atoms with E-state index in [0.29, 0.717) is 18.8 Å². The molecule has 8 heteroatoms. The number of halogens is 2. The molecule has 0 aliphatic carbocycles. The van der Waals surface area contributed by atoms with Crippen molar-refractivity contribution in [2.24, 2.45) is 5.92 Å². The zero-order chi connectivity index (χ0) is 21.0. The number of carbonyl (C=O) groups is 3. The summed E-state index contributed by atoms with van der Waals surface area (Å²) in [5, 5.41) is 2.57. The number of carbonyl (C=O) groups excluding carboxylic acids is 3. The second-order valence-corrected chi connectivity index (χ2v) is 6.90. The normalized spacial score (nSPS) is 15.4. The van der Waals surface area contributed by atoms with E-state index >= 15 is 0 Å². The van der Waals surface area contributed by atoms with Crippen molar-refractivity contribution >= 4 is 23.4 Å². The Bertz CT molecular complexity index is 921. The molecule has 29 heavy (non-hydrogen) atoms. The highest BCUT2D eigenvalue weighted by atomic mass is 19.1. The van der Waals surface area contributed by atoms with Gasteiger partial charge in [0.25, 0.3) is 0 Å². The predicted molar refractivity (Wildman–Crippen MR) is 103 cm³/mol. The molecule has 3 rings (SSSR count). The van der Waals surface area contributed by atoms with Gasteiger partial charge >= 0.3 is 11.8 Å². The molecule has 0 bridgehead atoms. The molecule has 0 radical (unpaired) electrons. The summed E-state index contributed by atoms with van der Waals surface area (Å²) >= 11 is 0. The standard InChI is InChI=1S/C21H21F2N3O3/c1-14(19(27)24-12-15-7-8-16(22)11-18(15)23)13-25-9-10-26(21(29)20(25)28)17-5-3-2-4-6-17/h2-8,11,14H,9-10,12-13H2,1H3,(H,24,27)/t14-/m0/s1. The largest absolute Gasteiger partial charge is 0.352 e. The van der Waals surface area contributed by atoms with Gasteiger partial charge in [-0.2, -0.15) is 0 Å². The lowest BCUT2D eigenvalue weighted by atomic mass is 10.1. The number of hydrogen-bond donors (Lipinski definition) is 1. The van der Waals surface area contributed by atoms with Crippen LogP contribution in [0.25, 0.3) is 0 Å². The predicted octanol–water partition coefficient (Wildman–Crippen LogP) is 2.09. The first-order valence-corrected chi connectivity index (χ1v) is 9.24. The van der Waals surface area contributed by atoms with Gasteiger partial charge in [-0.05, 0) is 18.2 Å². The number of nitrogens with one attached hydrogen (secondary N) is 1. The molecule has 1 aliphatic rings. The first-order chi connectivity index (χ1) is 13.9. The number of hydrogen-bond acceptors (Lipinski definition) is 3. The molecular formula is C21H21F2N3O3. The summed E-state index contributed by atoms with van der Waals surface area (Å²) in [6.45, 7) is 2.25. The number of nitrogens with zero attached hydrogens (tertiary/aromatic N) is 2. The van der Waals surface area contributed by atoms with Gasteiger partial charge in [0.2, 0.25) is 5.91 Å². The zero-order valence-corrected chi connectivity index (χ0v) is 15.9. The summed E-state index contributed by atoms with van der Waals surface area (Å²) < 4.78 is 26.6. The van der Waals surface area contributed by atoms with Crippen LogP contribution in [0.2, 0.25) is 0 Å². The molecule has 2 aromatic rings. The lowest BCUT2D eigenvalue weighted by molar-refractivity contribution is -0.147. The van der Waals surface area contributed by atoms with Crippen molar-refractivity contribution in [2.75, 3.05) is 24.5 Å². The molecule has 6 nitrogen and oxygen atoms in total. The smallest absolute Gasteiger partial charge is 0.316 e. The van der Waals surface area contributed by atoms with Crippen molar-refractivity contribution in [3.05, 3.63) is 65.7 Å². The van der Waals surface area contributed by atoms with Crippen LogP contribution < -0.4 is 10.2 Å². The lowest BCUT2D eigenvalue weighted by Gasteiger charge is -2.34. The van der Waals surface area contributed by atoms with E-state index in [2.05, 4.69) is 5.32 Å². The van der Waals surface area contributed by atoms with Crippen LogP contribution in [0.5, 0.6) is 0 Å². The van der Waals surface area contributed by atoms with Gasteiger partial charge in [-0.1, -0.05) is 31.2 Å². The van der Waals surface area contributed by atoms with E-state index in [9.17, 15) is 23.2 Å². The average molecular weight is 401 g/mol. The van der Waals surface area contributed by atoms with Gasteiger partial charge in [-0.3, -0.25) is 14.4 Å². The molecule has 1 N–H and O–H groups in total. The third-order valence-electron chi connectivity index (χ3n) is 4.79. The molecule has 0 spiro atoms.